The second kappa shape index (κ2) is 9.03. The van der Waals surface area contributed by atoms with E-state index >= 15 is 0 Å². The van der Waals surface area contributed by atoms with Crippen LogP contribution in [0.4, 0.5) is 5.82 Å². The van der Waals surface area contributed by atoms with E-state index in [1.54, 1.807) is 17.2 Å². The molecule has 0 aliphatic carbocycles. The molecule has 4 heterocycles. The van der Waals surface area contributed by atoms with Gasteiger partial charge in [0.05, 0.1) is 11.4 Å². The molecule has 1 aliphatic rings. The number of halogens is 1. The second-order valence-corrected chi connectivity index (χ2v) is 8.09. The number of nitrogens with zero attached hydrogens (tertiary/aromatic N) is 6. The minimum Gasteiger partial charge on any atom is -0.439 e. The Labute approximate surface area is 195 Å². The second-order valence-electron chi connectivity index (χ2n) is 7.82. The normalized spacial score (nSPS) is 16.2. The van der Waals surface area contributed by atoms with Crippen LogP contribution in [0.25, 0.3) is 22.3 Å². The summed E-state index contributed by atoms with van der Waals surface area (Å²) in [6.07, 6.45) is 4.85. The largest absolute Gasteiger partial charge is 0.439 e. The molecule has 1 aromatic carbocycles. The van der Waals surface area contributed by atoms with Gasteiger partial charge in [-0.1, -0.05) is 18.2 Å². The van der Waals surface area contributed by atoms with Gasteiger partial charge in [-0.15, -0.1) is 11.6 Å². The number of likely N-dealkylation sites (tertiary alicyclic amines) is 1. The van der Waals surface area contributed by atoms with Crippen molar-refractivity contribution in [3.63, 3.8) is 0 Å². The van der Waals surface area contributed by atoms with Crippen molar-refractivity contribution in [1.82, 2.24) is 29.6 Å². The van der Waals surface area contributed by atoms with Crippen LogP contribution >= 0.6 is 11.6 Å². The van der Waals surface area contributed by atoms with E-state index in [9.17, 15) is 4.79 Å². The molecule has 1 amide bonds. The number of para-hydroxylation sites is 1. The van der Waals surface area contributed by atoms with Gasteiger partial charge >= 0.3 is 0 Å². The number of piperidine rings is 1. The lowest BCUT2D eigenvalue weighted by Crippen LogP contribution is -2.41. The number of nitrogens with two attached hydrogens (primary N) is 1. The smallest absolute Gasteiger partial charge is 0.237 e. The summed E-state index contributed by atoms with van der Waals surface area (Å²) in [4.78, 5) is 27.0. The lowest BCUT2D eigenvalue weighted by molar-refractivity contribution is -0.130. The number of amides is 1. The van der Waals surface area contributed by atoms with Gasteiger partial charge in [0.15, 0.2) is 5.65 Å². The Kier molecular flexibility index (Phi) is 5.78. The summed E-state index contributed by atoms with van der Waals surface area (Å²) in [7, 11) is 0. The van der Waals surface area contributed by atoms with Gasteiger partial charge in [-0.05, 0) is 31.0 Å². The number of carbonyl (C=O) groups is 1. The number of hydrogen-bond donors (Lipinski definition) is 1. The van der Waals surface area contributed by atoms with Gasteiger partial charge in [0.2, 0.25) is 11.8 Å². The molecule has 0 radical (unpaired) electrons. The van der Waals surface area contributed by atoms with Gasteiger partial charge in [-0.25, -0.2) is 19.6 Å². The minimum absolute atomic E-state index is 0.0317. The van der Waals surface area contributed by atoms with Crippen LogP contribution < -0.4 is 10.5 Å². The number of alkyl halides is 1. The summed E-state index contributed by atoms with van der Waals surface area (Å²) < 4.78 is 7.64. The topological polar surface area (TPSA) is 112 Å². The molecule has 168 valence electrons. The third-order valence-electron chi connectivity index (χ3n) is 5.70. The molecule has 1 fully saturated rings. The van der Waals surface area contributed by atoms with Crippen molar-refractivity contribution in [2.24, 2.45) is 0 Å². The number of hydrogen-bond acceptors (Lipinski definition) is 7. The maximum Gasteiger partial charge on any atom is 0.237 e. The van der Waals surface area contributed by atoms with Gasteiger partial charge in [-0.2, -0.15) is 5.10 Å². The van der Waals surface area contributed by atoms with Crippen LogP contribution in [-0.2, 0) is 4.79 Å². The first-order chi connectivity index (χ1) is 16.1. The van der Waals surface area contributed by atoms with Crippen molar-refractivity contribution >= 4 is 34.4 Å². The molecule has 1 atom stereocenters. The monoisotopic (exact) mass is 463 g/mol. The number of carbonyl (C=O) groups excluding carboxylic acids is 1. The van der Waals surface area contributed by atoms with E-state index in [1.807, 2.05) is 41.1 Å². The Morgan fingerprint density at radius 1 is 1.15 bits per heavy atom. The zero-order chi connectivity index (χ0) is 22.8. The molecule has 9 nitrogen and oxygen atoms in total. The van der Waals surface area contributed by atoms with Crippen LogP contribution in [0, 0.1) is 0 Å². The quantitative estimate of drug-likeness (QED) is 0.449. The molecule has 0 bridgehead atoms. The number of aromatic nitrogens is 5. The molecule has 4 aromatic rings. The molecule has 0 spiro atoms. The number of benzene rings is 1. The van der Waals surface area contributed by atoms with Crippen LogP contribution in [-0.4, -0.2) is 54.5 Å². The number of pyridine rings is 1. The SMILES string of the molecule is Nc1ncnc2c1c(-c1ccc(Oc3ccccc3)nc1)nn2C1CCCN(C(=O)CCl)C1. The Bertz CT molecular complexity index is 1280. The summed E-state index contributed by atoms with van der Waals surface area (Å²) in [6.45, 7) is 1.21. The van der Waals surface area contributed by atoms with Crippen LogP contribution in [0.15, 0.2) is 55.0 Å². The highest BCUT2D eigenvalue weighted by molar-refractivity contribution is 6.27. The van der Waals surface area contributed by atoms with Gasteiger partial charge < -0.3 is 15.4 Å². The van der Waals surface area contributed by atoms with Gasteiger partial charge in [0.1, 0.15) is 29.5 Å². The molecule has 0 saturated carbocycles. The predicted molar refractivity (Wildman–Crippen MR) is 125 cm³/mol. The van der Waals surface area contributed by atoms with Crippen molar-refractivity contribution in [2.75, 3.05) is 24.7 Å². The molecule has 10 heteroatoms. The molecule has 33 heavy (non-hydrogen) atoms. The average Bonchev–Trinajstić information content (AvgIpc) is 3.26. The first-order valence-electron chi connectivity index (χ1n) is 10.7. The van der Waals surface area contributed by atoms with Gasteiger partial charge in [-0.3, -0.25) is 4.79 Å². The van der Waals surface area contributed by atoms with Gasteiger partial charge in [0.25, 0.3) is 0 Å². The molecule has 5 rings (SSSR count). The van der Waals surface area contributed by atoms with E-state index in [4.69, 9.17) is 27.2 Å². The fraction of sp³-hybridized carbons (Fsp3) is 0.261. The number of nitrogen functional groups attached to an aromatic ring is 1. The van der Waals surface area contributed by atoms with E-state index in [2.05, 4.69) is 15.0 Å². The molecule has 3 aromatic heterocycles. The fourth-order valence-corrected chi connectivity index (χ4v) is 4.28. The Morgan fingerprint density at radius 3 is 2.76 bits per heavy atom. The summed E-state index contributed by atoms with van der Waals surface area (Å²) in [5.41, 5.74) is 8.28. The van der Waals surface area contributed by atoms with Gasteiger partial charge in [0, 0.05) is 30.9 Å². The average molecular weight is 464 g/mol. The van der Waals surface area contributed by atoms with E-state index in [1.165, 1.54) is 6.33 Å². The van der Waals surface area contributed by atoms with E-state index in [0.717, 1.165) is 18.4 Å². The van der Waals surface area contributed by atoms with E-state index < -0.39 is 0 Å². The molecule has 1 saturated heterocycles. The van der Waals surface area contributed by atoms with Crippen LogP contribution in [0.3, 0.4) is 0 Å². The Morgan fingerprint density at radius 2 is 2.00 bits per heavy atom. The molecule has 1 unspecified atom stereocenters. The van der Waals surface area contributed by atoms with Crippen molar-refractivity contribution in [1.29, 1.82) is 0 Å². The predicted octanol–water partition coefficient (Wildman–Crippen LogP) is 3.67. The van der Waals surface area contributed by atoms with Crippen LogP contribution in [0.5, 0.6) is 11.6 Å². The first-order valence-corrected chi connectivity index (χ1v) is 11.2. The lowest BCUT2D eigenvalue weighted by atomic mass is 10.1. The zero-order valence-corrected chi connectivity index (χ0v) is 18.5. The number of fused-ring (bicyclic) bond motifs is 1. The van der Waals surface area contributed by atoms with Crippen LogP contribution in [0.2, 0.25) is 0 Å². The fourth-order valence-electron chi connectivity index (χ4n) is 4.11. The van der Waals surface area contributed by atoms with Crippen molar-refractivity contribution in [3.8, 4) is 22.9 Å². The maximum absolute atomic E-state index is 12.1. The summed E-state index contributed by atoms with van der Waals surface area (Å²) in [6, 6.07) is 13.1. The summed E-state index contributed by atoms with van der Waals surface area (Å²) in [5.74, 6) is 1.41. The maximum atomic E-state index is 12.1. The first kappa shape index (κ1) is 21.1. The summed E-state index contributed by atoms with van der Waals surface area (Å²) in [5, 5.41) is 5.52. The van der Waals surface area contributed by atoms with Crippen molar-refractivity contribution in [2.45, 2.75) is 18.9 Å². The highest BCUT2D eigenvalue weighted by Crippen LogP contribution is 2.34. The zero-order valence-electron chi connectivity index (χ0n) is 17.8. The number of anilines is 1. The molecule has 1 aliphatic heterocycles. The molecule has 2 N–H and O–H groups in total. The third kappa shape index (κ3) is 4.19. The standard InChI is InChI=1S/C23H22ClN7O2/c24-11-19(32)30-10-4-5-16(13-30)31-23-20(22(25)27-14-28-23)21(29-31)15-8-9-18(26-12-15)33-17-6-2-1-3-7-17/h1-3,6-9,12,14,16H,4-5,10-11,13H2,(H2,25,27,28). The molecular formula is C23H22ClN7O2. The Hall–Kier alpha value is -3.72. The number of rotatable bonds is 5. The third-order valence-corrected chi connectivity index (χ3v) is 5.93. The minimum atomic E-state index is -0.0783. The number of ether oxygens (including phenoxy) is 1. The molecular weight excluding hydrogens is 442 g/mol. The summed E-state index contributed by atoms with van der Waals surface area (Å²) >= 11 is 5.77. The lowest BCUT2D eigenvalue weighted by Gasteiger charge is -2.32. The Balaban J connectivity index is 1.49. The highest BCUT2D eigenvalue weighted by atomic mass is 35.5. The van der Waals surface area contributed by atoms with E-state index in [-0.39, 0.29) is 17.8 Å². The van der Waals surface area contributed by atoms with Crippen molar-refractivity contribution < 1.29 is 9.53 Å². The van der Waals surface area contributed by atoms with Crippen molar-refractivity contribution in [3.05, 3.63) is 55.0 Å². The van der Waals surface area contributed by atoms with E-state index in [0.29, 0.717) is 47.3 Å². The highest BCUT2D eigenvalue weighted by Gasteiger charge is 2.28. The van der Waals surface area contributed by atoms with Crippen LogP contribution in [0.1, 0.15) is 18.9 Å².